The van der Waals surface area contributed by atoms with Crippen LogP contribution in [0.5, 0.6) is 0 Å². The molecule has 0 bridgehead atoms. The van der Waals surface area contributed by atoms with Gasteiger partial charge in [-0.15, -0.1) is 0 Å². The molecule has 0 amide bonds. The summed E-state index contributed by atoms with van der Waals surface area (Å²) >= 11 is 12.6. The van der Waals surface area contributed by atoms with Crippen LogP contribution in [0.3, 0.4) is 0 Å². The number of hydrogen-bond donors (Lipinski definition) is 1. The number of benzene rings is 1. The van der Waals surface area contributed by atoms with Crippen LogP contribution < -0.4 is 5.32 Å². The first kappa shape index (κ1) is 14.6. The van der Waals surface area contributed by atoms with E-state index in [4.69, 9.17) is 28.5 Å². The lowest BCUT2D eigenvalue weighted by Gasteiger charge is -2.03. The highest BCUT2D eigenvalue weighted by molar-refractivity contribution is 8.13. The molecule has 1 aromatic carbocycles. The fourth-order valence-corrected chi connectivity index (χ4v) is 1.70. The van der Waals surface area contributed by atoms with Gasteiger partial charge in [0.1, 0.15) is 5.69 Å². The number of nitrogens with zero attached hydrogens (tertiary/aromatic N) is 3. The van der Waals surface area contributed by atoms with Gasteiger partial charge in [0.2, 0.25) is 0 Å². The van der Waals surface area contributed by atoms with Gasteiger partial charge in [-0.2, -0.15) is 5.26 Å². The number of rotatable bonds is 2. The lowest BCUT2D eigenvalue weighted by atomic mass is 10.3. The summed E-state index contributed by atoms with van der Waals surface area (Å²) in [6, 6.07) is 2.39. The number of halogens is 2. The van der Waals surface area contributed by atoms with Crippen molar-refractivity contribution >= 4 is 51.5 Å². The van der Waals surface area contributed by atoms with Crippen LogP contribution in [-0.2, 0) is 0 Å². The molecule has 0 aliphatic carbocycles. The van der Waals surface area contributed by atoms with Crippen LogP contribution in [0.15, 0.2) is 17.1 Å². The Morgan fingerprint density at radius 3 is 2.67 bits per heavy atom. The maximum absolute atomic E-state index is 10.9. The predicted octanol–water partition coefficient (Wildman–Crippen LogP) is 3.32. The standard InChI is InChI=1S/C9H6Cl2N4O2S/c1-18-9(13-4-12)14-7-2-5(10)6(11)3-8(7)15(16)17/h2-3H,1H3,(H,13,14). The molecule has 6 nitrogen and oxygen atoms in total. The molecule has 0 radical (unpaired) electrons. The van der Waals surface area contributed by atoms with Gasteiger partial charge in [-0.25, -0.2) is 4.99 Å². The summed E-state index contributed by atoms with van der Waals surface area (Å²) in [4.78, 5) is 14.2. The minimum Gasteiger partial charge on any atom is -0.271 e. The Balaban J connectivity index is 3.35. The maximum atomic E-state index is 10.9. The molecular formula is C9H6Cl2N4O2S. The van der Waals surface area contributed by atoms with Gasteiger partial charge >= 0.3 is 0 Å². The zero-order valence-electron chi connectivity index (χ0n) is 8.98. The van der Waals surface area contributed by atoms with Crippen molar-refractivity contribution in [3.63, 3.8) is 0 Å². The van der Waals surface area contributed by atoms with Crippen molar-refractivity contribution in [1.82, 2.24) is 5.32 Å². The second kappa shape index (κ2) is 6.44. The first-order valence-electron chi connectivity index (χ1n) is 4.40. The fourth-order valence-electron chi connectivity index (χ4n) is 1.04. The van der Waals surface area contributed by atoms with Gasteiger partial charge < -0.3 is 0 Å². The Hall–Kier alpha value is -1.49. The van der Waals surface area contributed by atoms with Gasteiger partial charge in [-0.1, -0.05) is 35.0 Å². The average Bonchev–Trinajstić information content (AvgIpc) is 2.32. The lowest BCUT2D eigenvalue weighted by molar-refractivity contribution is -0.384. The van der Waals surface area contributed by atoms with E-state index >= 15 is 0 Å². The molecular weight excluding hydrogens is 299 g/mol. The SMILES string of the molecule is CSC(=Nc1cc(Cl)c(Cl)cc1[N+](=O)[O-])NC#N. The van der Waals surface area contributed by atoms with Crippen LogP contribution >= 0.6 is 35.0 Å². The molecule has 1 rings (SSSR count). The van der Waals surface area contributed by atoms with Crippen LogP contribution in [0, 0.1) is 21.6 Å². The van der Waals surface area contributed by atoms with Crippen LogP contribution in [0.1, 0.15) is 0 Å². The molecule has 0 fully saturated rings. The minimum atomic E-state index is -0.620. The second-order valence-corrected chi connectivity index (χ2v) is 4.48. The average molecular weight is 305 g/mol. The van der Waals surface area contributed by atoms with E-state index in [-0.39, 0.29) is 26.6 Å². The molecule has 94 valence electrons. The summed E-state index contributed by atoms with van der Waals surface area (Å²) in [6.07, 6.45) is 3.36. The van der Waals surface area contributed by atoms with Crippen molar-refractivity contribution in [2.75, 3.05) is 6.26 Å². The molecule has 0 unspecified atom stereocenters. The number of nitro groups is 1. The van der Waals surface area contributed by atoms with Gasteiger partial charge in [-0.3, -0.25) is 15.4 Å². The molecule has 0 atom stereocenters. The van der Waals surface area contributed by atoms with Crippen molar-refractivity contribution in [3.05, 3.63) is 32.3 Å². The summed E-state index contributed by atoms with van der Waals surface area (Å²) in [5, 5.41) is 22.1. The third-order valence-electron chi connectivity index (χ3n) is 1.79. The molecule has 0 aliphatic rings. The van der Waals surface area contributed by atoms with E-state index in [9.17, 15) is 10.1 Å². The number of nitrogens with one attached hydrogen (secondary N) is 1. The monoisotopic (exact) mass is 304 g/mol. The lowest BCUT2D eigenvalue weighted by Crippen LogP contribution is -2.12. The highest BCUT2D eigenvalue weighted by Crippen LogP contribution is 2.36. The quantitative estimate of drug-likeness (QED) is 0.226. The fraction of sp³-hybridized carbons (Fsp3) is 0.111. The molecule has 0 spiro atoms. The zero-order valence-corrected chi connectivity index (χ0v) is 11.3. The molecule has 0 saturated carbocycles. The number of hydrogen-bond acceptors (Lipinski definition) is 5. The normalized spacial score (nSPS) is 10.9. The molecule has 0 heterocycles. The maximum Gasteiger partial charge on any atom is 0.296 e. The Kier molecular flexibility index (Phi) is 5.22. The summed E-state index contributed by atoms with van der Waals surface area (Å²) in [7, 11) is 0. The molecule has 0 saturated heterocycles. The zero-order chi connectivity index (χ0) is 13.7. The minimum absolute atomic E-state index is 0.0292. The second-order valence-electron chi connectivity index (χ2n) is 2.87. The van der Waals surface area contributed by atoms with Crippen LogP contribution in [-0.4, -0.2) is 16.3 Å². The van der Waals surface area contributed by atoms with E-state index in [0.717, 1.165) is 17.8 Å². The van der Waals surface area contributed by atoms with E-state index in [1.807, 2.05) is 0 Å². The predicted molar refractivity (Wildman–Crippen MR) is 72.5 cm³/mol. The Labute approximate surface area is 117 Å². The molecule has 1 N–H and O–H groups in total. The first-order valence-corrected chi connectivity index (χ1v) is 6.39. The van der Waals surface area contributed by atoms with E-state index < -0.39 is 4.92 Å². The first-order chi connectivity index (χ1) is 8.49. The number of aliphatic imine (C=N–C) groups is 1. The summed E-state index contributed by atoms with van der Waals surface area (Å²) in [6.45, 7) is 0. The van der Waals surface area contributed by atoms with Gasteiger partial charge in [-0.05, 0) is 12.3 Å². The van der Waals surface area contributed by atoms with E-state index in [1.165, 1.54) is 6.07 Å². The third kappa shape index (κ3) is 3.50. The van der Waals surface area contributed by atoms with Gasteiger partial charge in [0.05, 0.1) is 15.0 Å². The molecule has 1 aromatic rings. The van der Waals surface area contributed by atoms with E-state index in [2.05, 4.69) is 10.3 Å². The van der Waals surface area contributed by atoms with Crippen molar-refractivity contribution in [3.8, 4) is 6.19 Å². The van der Waals surface area contributed by atoms with Crippen molar-refractivity contribution in [2.45, 2.75) is 0 Å². The van der Waals surface area contributed by atoms with Gasteiger partial charge in [0.15, 0.2) is 11.4 Å². The number of nitro benzene ring substituents is 1. The Morgan fingerprint density at radius 2 is 2.17 bits per heavy atom. The largest absolute Gasteiger partial charge is 0.296 e. The number of amidine groups is 1. The Bertz CT molecular complexity index is 556. The van der Waals surface area contributed by atoms with Crippen LogP contribution in [0.4, 0.5) is 11.4 Å². The molecule has 0 aliphatic heterocycles. The third-order valence-corrected chi connectivity index (χ3v) is 3.09. The summed E-state index contributed by atoms with van der Waals surface area (Å²) in [5.74, 6) is 0. The van der Waals surface area contributed by atoms with Crippen molar-refractivity contribution in [2.24, 2.45) is 4.99 Å². The molecule has 9 heteroatoms. The van der Waals surface area contributed by atoms with E-state index in [0.29, 0.717) is 0 Å². The van der Waals surface area contributed by atoms with Gasteiger partial charge in [0, 0.05) is 6.07 Å². The van der Waals surface area contributed by atoms with E-state index in [1.54, 1.807) is 12.4 Å². The number of thioether (sulfide) groups is 1. The topological polar surface area (TPSA) is 91.3 Å². The van der Waals surface area contributed by atoms with Gasteiger partial charge in [0.25, 0.3) is 5.69 Å². The van der Waals surface area contributed by atoms with Crippen LogP contribution in [0.2, 0.25) is 10.0 Å². The molecule has 0 aromatic heterocycles. The smallest absolute Gasteiger partial charge is 0.271 e. The highest BCUT2D eigenvalue weighted by atomic mass is 35.5. The summed E-state index contributed by atoms with van der Waals surface area (Å²) < 4.78 is 0. The van der Waals surface area contributed by atoms with Crippen molar-refractivity contribution < 1.29 is 4.92 Å². The number of nitriles is 1. The van der Waals surface area contributed by atoms with Crippen LogP contribution in [0.25, 0.3) is 0 Å². The summed E-state index contributed by atoms with van der Waals surface area (Å²) in [5.41, 5.74) is -0.253. The Morgan fingerprint density at radius 1 is 1.56 bits per heavy atom. The highest BCUT2D eigenvalue weighted by Gasteiger charge is 2.17. The molecule has 18 heavy (non-hydrogen) atoms. The van der Waals surface area contributed by atoms with Crippen molar-refractivity contribution in [1.29, 1.82) is 5.26 Å².